The molecule has 0 aliphatic heterocycles. The molecule has 0 aromatic heterocycles. The molecule has 6 rings (SSSR count). The molecule has 92 heavy (non-hydrogen) atoms. The van der Waals surface area contributed by atoms with Crippen LogP contribution in [0.1, 0.15) is 74.9 Å². The summed E-state index contributed by atoms with van der Waals surface area (Å²) in [7, 11) is 20.8. The third kappa shape index (κ3) is 83.4. The quantitative estimate of drug-likeness (QED) is 0.0344. The van der Waals surface area contributed by atoms with Gasteiger partial charge in [0.2, 0.25) is 28.9 Å². The topological polar surface area (TPSA) is 202 Å². The van der Waals surface area contributed by atoms with Crippen LogP contribution in [-0.4, -0.2) is 137 Å². The number of likely N-dealkylation sites (N-methyl/N-ethyl adjacent to an activating group) is 2. The first-order valence-electron chi connectivity index (χ1n) is 25.5. The number of allylic oxidation sites excluding steroid dienone is 2. The Bertz CT molecular complexity index is 2710. The van der Waals surface area contributed by atoms with E-state index in [-0.39, 0.29) is 91.9 Å². The van der Waals surface area contributed by atoms with E-state index in [9.17, 15) is 28.8 Å². The van der Waals surface area contributed by atoms with Crippen LogP contribution in [-0.2, 0) is 56.9 Å². The fourth-order valence-electron chi connectivity index (χ4n) is 4.77. The van der Waals surface area contributed by atoms with Crippen LogP contribution in [0.4, 0.5) is 0 Å². The van der Waals surface area contributed by atoms with Crippen molar-refractivity contribution >= 4 is 201 Å². The van der Waals surface area contributed by atoms with E-state index in [1.165, 1.54) is 60.5 Å². The minimum absolute atomic E-state index is 0. The molecule has 0 atom stereocenters. The van der Waals surface area contributed by atoms with Crippen LogP contribution in [0.3, 0.4) is 0 Å². The molecule has 0 saturated carbocycles. The second kappa shape index (κ2) is 72.3. The number of carbonyl (C=O) groups is 6. The molecule has 0 aliphatic carbocycles. The molecule has 0 spiro atoms. The number of hydrogen-bond acceptors (Lipinski definition) is 10. The van der Waals surface area contributed by atoms with E-state index in [0.29, 0.717) is 0 Å². The summed E-state index contributed by atoms with van der Waals surface area (Å²) >= 11 is 10.2. The van der Waals surface area contributed by atoms with Gasteiger partial charge in [-0.15, -0.1) is 0 Å². The first-order valence-corrected chi connectivity index (χ1v) is 31.8. The third-order valence-electron chi connectivity index (χ3n) is 8.45. The summed E-state index contributed by atoms with van der Waals surface area (Å²) in [6.45, 7) is 12.5. The van der Waals surface area contributed by atoms with Gasteiger partial charge in [0.1, 0.15) is 0 Å². The molecule has 0 saturated heterocycles. The zero-order valence-corrected chi connectivity index (χ0v) is 64.5. The zero-order valence-electron chi connectivity index (χ0n) is 52.4. The summed E-state index contributed by atoms with van der Waals surface area (Å²) in [4.78, 5) is 72.8. The van der Waals surface area contributed by atoms with Gasteiger partial charge in [0, 0.05) is 81.1 Å². The van der Waals surface area contributed by atoms with Crippen LogP contribution < -0.4 is 34.0 Å². The van der Waals surface area contributed by atoms with Crippen molar-refractivity contribution in [2.75, 3.05) is 28.3 Å². The van der Waals surface area contributed by atoms with Gasteiger partial charge in [-0.25, -0.2) is 28.1 Å². The minimum Gasteiger partial charge on any atom is -1.00 e. The van der Waals surface area contributed by atoms with Gasteiger partial charge in [-0.2, -0.15) is 41.5 Å². The Hall–Kier alpha value is -4.57. The number of nitrogens with zero attached hydrogens (tertiary/aromatic N) is 2. The molecule has 492 valence electrons. The SMILES string of the molecule is CON(C)C(=O)/C=C/c1ccccc1.CON(C)C(=O)/C=C\c1ccccc1.C[C-](C)C.C[C-](C)C.O=C(Cl)/C=C/c1ccccc1.O=C(Cl)/C=C\c1ccccc1.O=C(O)/C=C/c1ccccc1.O=C(O)/C=C\c1ccccc1.O=S(Cl)Cl.O=S(Cl)Cl.[Br-].[Br-].[Mg+2].[Mg+2]. The number of rotatable bonds is 14. The molecule has 6 aromatic carbocycles. The van der Waals surface area contributed by atoms with Gasteiger partial charge in [0.05, 0.1) is 14.2 Å². The Morgan fingerprint density at radius 1 is 0.370 bits per heavy atom. The van der Waals surface area contributed by atoms with E-state index in [0.717, 1.165) is 45.5 Å². The Morgan fingerprint density at radius 2 is 0.511 bits per heavy atom. The molecule has 0 heterocycles. The van der Waals surface area contributed by atoms with Crippen LogP contribution >= 0.6 is 65.9 Å². The molecule has 0 radical (unpaired) electrons. The standard InChI is InChI=1S/2C11H13NO2.2C9H7ClO.2C9H8O2.2C4H9.2BrH.2Cl2OS.2Mg/c2*1-12(14-2)11(13)9-8-10-6-4-3-5-7-10;4*10-9(11)7-6-8-4-2-1-3-5-8;2*1-4(2)3;;;2*1-4(2)3;;/h2*3-9H,1-2H3;2*1-7H;2*1-7H,(H,10,11);2*1-3H3;2*1H;;;;/q;;;;;;2*-1;;;;;2*+2/p-2/b9-8+;9-8-;7-6+;7-6-;7-6+;7-6-;;;;;;;;. The molecule has 0 bridgehead atoms. The van der Waals surface area contributed by atoms with E-state index in [1.807, 2.05) is 182 Å². The largest absolute Gasteiger partial charge is 2.00 e. The van der Waals surface area contributed by atoms with Crippen molar-refractivity contribution in [2.24, 2.45) is 0 Å². The first kappa shape index (κ1) is 104. The smallest absolute Gasteiger partial charge is 1.00 e. The van der Waals surface area contributed by atoms with Crippen LogP contribution in [0.2, 0.25) is 0 Å². The second-order valence-corrected chi connectivity index (χ2v) is 22.9. The van der Waals surface area contributed by atoms with Gasteiger partial charge >= 0.3 is 58.0 Å². The molecule has 2 amide bonds. The molecular formula is C66H74Br2Cl6Mg2N2O12S2. The van der Waals surface area contributed by atoms with Crippen molar-refractivity contribution in [3.8, 4) is 0 Å². The Morgan fingerprint density at radius 3 is 0.641 bits per heavy atom. The third-order valence-corrected chi connectivity index (χ3v) is 8.70. The normalized spacial score (nSPS) is 9.61. The Kier molecular flexibility index (Phi) is 81.3. The monoisotopic (exact) mass is 1570 g/mol. The van der Waals surface area contributed by atoms with Crippen molar-refractivity contribution < 1.29 is 91.0 Å². The fraction of sp³-hybridized carbons (Fsp3) is 0.152. The molecular weight excluding hydrogens is 1500 g/mol. The van der Waals surface area contributed by atoms with Gasteiger partial charge < -0.3 is 56.0 Å². The van der Waals surface area contributed by atoms with Crippen LogP contribution in [0, 0.1) is 11.8 Å². The Labute approximate surface area is 629 Å². The molecule has 0 unspecified atom stereocenters. The van der Waals surface area contributed by atoms with Crippen molar-refractivity contribution in [2.45, 2.75) is 41.5 Å². The van der Waals surface area contributed by atoms with E-state index in [4.69, 9.17) is 51.5 Å². The first-order chi connectivity index (χ1) is 41.6. The van der Waals surface area contributed by atoms with Crippen molar-refractivity contribution in [1.29, 1.82) is 0 Å². The summed E-state index contributed by atoms with van der Waals surface area (Å²) in [5.41, 5.74) is 5.73. The van der Waals surface area contributed by atoms with E-state index in [2.05, 4.69) is 84.3 Å². The molecule has 2 N–H and O–H groups in total. The number of hydroxylamine groups is 4. The van der Waals surface area contributed by atoms with Crippen LogP contribution in [0.25, 0.3) is 36.5 Å². The Balaban J connectivity index is -0.000000145. The van der Waals surface area contributed by atoms with Crippen molar-refractivity contribution in [1.82, 2.24) is 10.1 Å². The fourth-order valence-corrected chi connectivity index (χ4v) is 4.89. The summed E-state index contributed by atoms with van der Waals surface area (Å²) < 4.78 is 18.2. The predicted molar refractivity (Wildman–Crippen MR) is 381 cm³/mol. The maximum Gasteiger partial charge on any atom is 2.00 e. The number of amides is 2. The average Bonchev–Trinajstić information content (AvgIpc) is 3.69. The minimum atomic E-state index is -1.67. The van der Waals surface area contributed by atoms with Gasteiger partial charge in [-0.05, 0) is 93.0 Å². The van der Waals surface area contributed by atoms with Crippen molar-refractivity contribution in [3.05, 3.63) is 264 Å². The summed E-state index contributed by atoms with van der Waals surface area (Å²) in [5.74, 6) is 0.621. The number of carboxylic acids is 2. The summed E-state index contributed by atoms with van der Waals surface area (Å²) in [6, 6.07) is 56.9. The number of benzene rings is 6. The van der Waals surface area contributed by atoms with E-state index >= 15 is 0 Å². The number of carbonyl (C=O) groups excluding carboxylic acids is 4. The predicted octanol–water partition coefficient (Wildman–Crippen LogP) is 10.5. The average molecular weight is 1570 g/mol. The van der Waals surface area contributed by atoms with E-state index < -0.39 is 40.9 Å². The number of hydrogen-bond donors (Lipinski definition) is 2. The summed E-state index contributed by atoms with van der Waals surface area (Å²) in [6.07, 6.45) is 17.8. The van der Waals surface area contributed by atoms with Crippen LogP contribution in [0.5, 0.6) is 0 Å². The zero-order chi connectivity index (χ0) is 67.5. The molecule has 26 heteroatoms. The van der Waals surface area contributed by atoms with Gasteiger partial charge in [0.25, 0.3) is 11.8 Å². The van der Waals surface area contributed by atoms with Crippen molar-refractivity contribution in [3.63, 3.8) is 0 Å². The van der Waals surface area contributed by atoms with E-state index in [1.54, 1.807) is 50.6 Å². The maximum atomic E-state index is 11.3. The molecule has 0 aliphatic rings. The number of halogens is 8. The number of carboxylic acid groups (broad SMARTS) is 2. The summed E-state index contributed by atoms with van der Waals surface area (Å²) in [5, 5.41) is 18.0. The second-order valence-electron chi connectivity index (χ2n) is 17.2. The molecule has 0 fully saturated rings. The maximum absolute atomic E-state index is 11.3. The van der Waals surface area contributed by atoms with Crippen LogP contribution in [0.15, 0.2) is 218 Å². The molecule has 6 aromatic rings. The van der Waals surface area contributed by atoms with Gasteiger partial charge in [-0.3, -0.25) is 28.9 Å². The van der Waals surface area contributed by atoms with Gasteiger partial charge in [-0.1, -0.05) is 194 Å². The number of aliphatic carboxylic acids is 2. The molecule has 14 nitrogen and oxygen atoms in total. The van der Waals surface area contributed by atoms with Gasteiger partial charge in [0.15, 0.2) is 0 Å².